The number of hydrogen-bond donors (Lipinski definition) is 2. The number of amides is 1. The van der Waals surface area contributed by atoms with Gasteiger partial charge in [-0.2, -0.15) is 0 Å². The summed E-state index contributed by atoms with van der Waals surface area (Å²) >= 11 is 0. The van der Waals surface area contributed by atoms with Crippen LogP contribution in [0, 0.1) is 0 Å². The minimum atomic E-state index is -0.0402. The molecule has 1 amide bonds. The van der Waals surface area contributed by atoms with Crippen molar-refractivity contribution in [2.75, 3.05) is 13.1 Å². The highest BCUT2D eigenvalue weighted by Gasteiger charge is 2.16. The zero-order valence-corrected chi connectivity index (χ0v) is 14.7. The normalized spacial score (nSPS) is 16.2. The van der Waals surface area contributed by atoms with E-state index in [-0.39, 0.29) is 36.8 Å². The van der Waals surface area contributed by atoms with Gasteiger partial charge in [0.15, 0.2) is 0 Å². The molecule has 7 heteroatoms. The van der Waals surface area contributed by atoms with Crippen LogP contribution in [0.4, 0.5) is 0 Å². The van der Waals surface area contributed by atoms with E-state index in [1.54, 1.807) is 36.7 Å². The van der Waals surface area contributed by atoms with E-state index in [9.17, 15) is 4.79 Å². The van der Waals surface area contributed by atoms with Crippen molar-refractivity contribution in [2.24, 2.45) is 0 Å². The Morgan fingerprint density at radius 2 is 1.96 bits per heavy atom. The van der Waals surface area contributed by atoms with E-state index in [0.29, 0.717) is 17.1 Å². The third-order valence-corrected chi connectivity index (χ3v) is 3.62. The summed E-state index contributed by atoms with van der Waals surface area (Å²) in [5.74, 6) is 1.32. The number of carbonyl (C=O) groups excluding carboxylic acids is 1. The lowest BCUT2D eigenvalue weighted by Gasteiger charge is -2.23. The van der Waals surface area contributed by atoms with Crippen molar-refractivity contribution in [3.63, 3.8) is 0 Å². The molecule has 0 bridgehead atoms. The predicted molar refractivity (Wildman–Crippen MR) is 98.6 cm³/mol. The molecule has 2 N–H and O–H groups in total. The molecule has 2 aromatic rings. The van der Waals surface area contributed by atoms with Gasteiger partial charge >= 0.3 is 0 Å². The van der Waals surface area contributed by atoms with Gasteiger partial charge in [-0.15, -0.1) is 24.8 Å². The van der Waals surface area contributed by atoms with Crippen molar-refractivity contribution in [3.05, 3.63) is 54.4 Å². The second-order valence-electron chi connectivity index (χ2n) is 5.33. The number of pyridine rings is 1. The maximum atomic E-state index is 12.2. The van der Waals surface area contributed by atoms with Gasteiger partial charge in [0.1, 0.15) is 11.5 Å². The zero-order chi connectivity index (χ0) is 15.2. The first-order valence-electron chi connectivity index (χ1n) is 7.51. The number of aromatic nitrogens is 1. The summed E-state index contributed by atoms with van der Waals surface area (Å²) in [5, 5.41) is 6.34. The van der Waals surface area contributed by atoms with Gasteiger partial charge in [-0.05, 0) is 55.8 Å². The molecular weight excluding hydrogens is 349 g/mol. The molecule has 0 saturated carbocycles. The Kier molecular flexibility index (Phi) is 8.54. The van der Waals surface area contributed by atoms with Crippen LogP contribution in [-0.4, -0.2) is 30.0 Å². The lowest BCUT2D eigenvalue weighted by Crippen LogP contribution is -2.45. The number of nitrogens with zero attached hydrogens (tertiary/aromatic N) is 1. The summed E-state index contributed by atoms with van der Waals surface area (Å²) in [5.41, 5.74) is 0.643. The molecule has 0 spiro atoms. The highest BCUT2D eigenvalue weighted by Crippen LogP contribution is 2.20. The van der Waals surface area contributed by atoms with Crippen molar-refractivity contribution in [1.82, 2.24) is 15.6 Å². The van der Waals surface area contributed by atoms with Crippen molar-refractivity contribution < 1.29 is 9.53 Å². The number of hydrogen-bond acceptors (Lipinski definition) is 4. The van der Waals surface area contributed by atoms with Gasteiger partial charge in [0.25, 0.3) is 5.91 Å². The predicted octanol–water partition coefficient (Wildman–Crippen LogP) is 3.20. The summed E-state index contributed by atoms with van der Waals surface area (Å²) in [6.45, 7) is 1.88. The summed E-state index contributed by atoms with van der Waals surface area (Å²) < 4.78 is 5.66. The molecule has 24 heavy (non-hydrogen) atoms. The molecule has 0 unspecified atom stereocenters. The zero-order valence-electron chi connectivity index (χ0n) is 13.1. The van der Waals surface area contributed by atoms with Crippen molar-refractivity contribution in [1.29, 1.82) is 0 Å². The molecule has 1 aliphatic heterocycles. The molecule has 1 saturated heterocycles. The van der Waals surface area contributed by atoms with Crippen LogP contribution in [0.25, 0.3) is 0 Å². The van der Waals surface area contributed by atoms with E-state index < -0.39 is 0 Å². The van der Waals surface area contributed by atoms with E-state index in [4.69, 9.17) is 4.74 Å². The number of benzene rings is 1. The molecule has 3 rings (SSSR count). The maximum Gasteiger partial charge on any atom is 0.251 e. The third-order valence-electron chi connectivity index (χ3n) is 3.62. The Morgan fingerprint density at radius 3 is 2.58 bits per heavy atom. The molecule has 0 radical (unpaired) electrons. The monoisotopic (exact) mass is 369 g/mol. The van der Waals surface area contributed by atoms with E-state index in [1.807, 2.05) is 12.1 Å². The topological polar surface area (TPSA) is 63.2 Å². The summed E-state index contributed by atoms with van der Waals surface area (Å²) in [4.78, 5) is 16.2. The van der Waals surface area contributed by atoms with Crippen molar-refractivity contribution >= 4 is 30.7 Å². The quantitative estimate of drug-likeness (QED) is 0.868. The average molecular weight is 370 g/mol. The van der Waals surface area contributed by atoms with Gasteiger partial charge in [0, 0.05) is 24.3 Å². The van der Waals surface area contributed by atoms with Crippen LogP contribution in [0.3, 0.4) is 0 Å². The highest BCUT2D eigenvalue weighted by molar-refractivity contribution is 5.94. The van der Waals surface area contributed by atoms with Gasteiger partial charge in [-0.1, -0.05) is 0 Å². The Morgan fingerprint density at radius 1 is 1.17 bits per heavy atom. The van der Waals surface area contributed by atoms with Crippen LogP contribution < -0.4 is 15.4 Å². The molecule has 2 heterocycles. The number of halogens is 2. The third kappa shape index (κ3) is 5.67. The molecular formula is C17H21Cl2N3O2. The van der Waals surface area contributed by atoms with Crippen molar-refractivity contribution in [3.8, 4) is 11.5 Å². The maximum absolute atomic E-state index is 12.2. The van der Waals surface area contributed by atoms with Crippen LogP contribution in [-0.2, 0) is 0 Å². The first kappa shape index (κ1) is 20.2. The molecule has 1 atom stereocenters. The largest absolute Gasteiger partial charge is 0.456 e. The summed E-state index contributed by atoms with van der Waals surface area (Å²) in [6, 6.07) is 11.0. The number of rotatable bonds is 4. The number of ether oxygens (including phenoxy) is 1. The first-order chi connectivity index (χ1) is 10.8. The van der Waals surface area contributed by atoms with Crippen LogP contribution in [0.5, 0.6) is 11.5 Å². The number of carbonyl (C=O) groups is 1. The minimum Gasteiger partial charge on any atom is -0.456 e. The Balaban J connectivity index is 0.00000144. The summed E-state index contributed by atoms with van der Waals surface area (Å²) in [6.07, 6.45) is 5.47. The molecule has 1 aromatic carbocycles. The van der Waals surface area contributed by atoms with E-state index in [0.717, 1.165) is 25.9 Å². The van der Waals surface area contributed by atoms with Crippen LogP contribution in [0.1, 0.15) is 23.2 Å². The van der Waals surface area contributed by atoms with Crippen LogP contribution in [0.15, 0.2) is 48.8 Å². The lowest BCUT2D eigenvalue weighted by atomic mass is 10.1. The second kappa shape index (κ2) is 10.1. The van der Waals surface area contributed by atoms with E-state index >= 15 is 0 Å². The SMILES string of the molecule is Cl.Cl.O=C(N[C@H]1CCCNC1)c1ccc(Oc2cccnc2)cc1. The van der Waals surface area contributed by atoms with Gasteiger partial charge in [0.2, 0.25) is 0 Å². The van der Waals surface area contributed by atoms with Gasteiger partial charge in [-0.25, -0.2) is 0 Å². The summed E-state index contributed by atoms with van der Waals surface area (Å²) in [7, 11) is 0. The molecule has 5 nitrogen and oxygen atoms in total. The lowest BCUT2D eigenvalue weighted by molar-refractivity contribution is 0.0930. The van der Waals surface area contributed by atoms with Gasteiger partial charge in [-0.3, -0.25) is 9.78 Å². The van der Waals surface area contributed by atoms with Crippen molar-refractivity contribution in [2.45, 2.75) is 18.9 Å². The minimum absolute atomic E-state index is 0. The first-order valence-corrected chi connectivity index (χ1v) is 7.51. The molecule has 1 aliphatic rings. The van der Waals surface area contributed by atoms with E-state index in [1.165, 1.54) is 0 Å². The van der Waals surface area contributed by atoms with Crippen LogP contribution >= 0.6 is 24.8 Å². The molecule has 1 fully saturated rings. The Labute approximate surface area is 154 Å². The van der Waals surface area contributed by atoms with Gasteiger partial charge in [0.05, 0.1) is 6.20 Å². The fraction of sp³-hybridized carbons (Fsp3) is 0.294. The number of piperidine rings is 1. The Bertz CT molecular complexity index is 617. The fourth-order valence-electron chi connectivity index (χ4n) is 2.46. The molecule has 0 aliphatic carbocycles. The molecule has 130 valence electrons. The second-order valence-corrected chi connectivity index (χ2v) is 5.33. The van der Waals surface area contributed by atoms with Gasteiger partial charge < -0.3 is 15.4 Å². The van der Waals surface area contributed by atoms with E-state index in [2.05, 4.69) is 15.6 Å². The molecule has 1 aromatic heterocycles. The standard InChI is InChI=1S/C17H19N3O2.2ClH/c21-17(20-14-3-1-9-18-11-14)13-5-7-15(8-6-13)22-16-4-2-10-19-12-16;;/h2,4-8,10,12,14,18H,1,3,9,11H2,(H,20,21);2*1H/t14-;;/m0../s1. The average Bonchev–Trinajstić information content (AvgIpc) is 2.57. The van der Waals surface area contributed by atoms with Crippen LogP contribution in [0.2, 0.25) is 0 Å². The smallest absolute Gasteiger partial charge is 0.251 e. The number of nitrogens with one attached hydrogen (secondary N) is 2. The Hall–Kier alpha value is -1.82. The fourth-order valence-corrected chi connectivity index (χ4v) is 2.46. The highest BCUT2D eigenvalue weighted by atomic mass is 35.5.